The van der Waals surface area contributed by atoms with Crippen LogP contribution in [0.4, 0.5) is 0 Å². The Balaban J connectivity index is 1.52. The summed E-state index contributed by atoms with van der Waals surface area (Å²) in [5.41, 5.74) is 1.42. The number of benzene rings is 3. The molecule has 0 unspecified atom stereocenters. The molecule has 2 aliphatic heterocycles. The summed E-state index contributed by atoms with van der Waals surface area (Å²) in [7, 11) is -2.43. The monoisotopic (exact) mass is 466 g/mol. The van der Waals surface area contributed by atoms with Gasteiger partial charge < -0.3 is 9.47 Å². The molecule has 5 rings (SSSR count). The molecule has 0 saturated carbocycles. The Morgan fingerprint density at radius 1 is 0.939 bits per heavy atom. The molecule has 0 aliphatic carbocycles. The third-order valence-corrected chi connectivity index (χ3v) is 7.93. The predicted octanol–water partition coefficient (Wildman–Crippen LogP) is 2.67. The van der Waals surface area contributed by atoms with E-state index < -0.39 is 21.8 Å². The number of hydrogen-bond donors (Lipinski definition) is 0. The highest BCUT2D eigenvalue weighted by Gasteiger charge is 2.34. The van der Waals surface area contributed by atoms with Gasteiger partial charge in [0, 0.05) is 29.6 Å². The maximum absolute atomic E-state index is 13.3. The first-order chi connectivity index (χ1) is 15.9. The van der Waals surface area contributed by atoms with Crippen LogP contribution in [-0.2, 0) is 21.3 Å². The molecular formula is C24H22N2O6S. The van der Waals surface area contributed by atoms with Gasteiger partial charge in [0.15, 0.2) is 0 Å². The topological polar surface area (TPSA) is 93.2 Å². The molecule has 0 radical (unpaired) electrons. The molecule has 0 N–H and O–H groups in total. The molecule has 3 aromatic rings. The molecule has 2 aliphatic rings. The van der Waals surface area contributed by atoms with E-state index in [2.05, 4.69) is 0 Å². The second kappa shape index (κ2) is 8.26. The molecular weight excluding hydrogens is 444 g/mol. The third-order valence-electron chi connectivity index (χ3n) is 6.01. The van der Waals surface area contributed by atoms with E-state index >= 15 is 0 Å². The van der Waals surface area contributed by atoms with E-state index in [1.54, 1.807) is 36.4 Å². The lowest BCUT2D eigenvalue weighted by Crippen LogP contribution is -2.41. The van der Waals surface area contributed by atoms with Crippen molar-refractivity contribution in [2.45, 2.75) is 11.4 Å². The van der Waals surface area contributed by atoms with Crippen LogP contribution in [0.5, 0.6) is 5.75 Å². The van der Waals surface area contributed by atoms with Gasteiger partial charge in [-0.2, -0.15) is 4.31 Å². The smallest absolute Gasteiger partial charge is 0.261 e. The van der Waals surface area contributed by atoms with Gasteiger partial charge in [-0.15, -0.1) is 0 Å². The van der Waals surface area contributed by atoms with Gasteiger partial charge in [-0.25, -0.2) is 8.42 Å². The van der Waals surface area contributed by atoms with Crippen LogP contribution in [0.3, 0.4) is 0 Å². The Labute approximate surface area is 191 Å². The van der Waals surface area contributed by atoms with Crippen LogP contribution in [0, 0.1) is 0 Å². The number of amides is 2. The zero-order chi connectivity index (χ0) is 23.2. The zero-order valence-corrected chi connectivity index (χ0v) is 18.8. The van der Waals surface area contributed by atoms with Crippen molar-refractivity contribution in [2.24, 2.45) is 0 Å². The maximum Gasteiger partial charge on any atom is 0.261 e. The number of methoxy groups -OCH3 is 1. The Morgan fingerprint density at radius 2 is 1.58 bits per heavy atom. The summed E-state index contributed by atoms with van der Waals surface area (Å²) in [4.78, 5) is 27.6. The van der Waals surface area contributed by atoms with Crippen molar-refractivity contribution in [3.63, 3.8) is 0 Å². The number of nitrogens with zero attached hydrogens (tertiary/aromatic N) is 2. The number of hydrogen-bond acceptors (Lipinski definition) is 6. The van der Waals surface area contributed by atoms with E-state index in [0.29, 0.717) is 35.3 Å². The van der Waals surface area contributed by atoms with Crippen LogP contribution in [0.1, 0.15) is 26.3 Å². The Bertz CT molecular complexity index is 1330. The molecule has 33 heavy (non-hydrogen) atoms. The Hall–Kier alpha value is -3.27. The SMILES string of the molecule is COc1ccc(CN2C(=O)c3cccc4cccc(c34)C2=O)cc1S(=O)(=O)N1CCOCC1. The van der Waals surface area contributed by atoms with Crippen LogP contribution in [0.15, 0.2) is 59.5 Å². The lowest BCUT2D eigenvalue weighted by atomic mass is 9.94. The van der Waals surface area contributed by atoms with Crippen LogP contribution >= 0.6 is 0 Å². The summed E-state index contributed by atoms with van der Waals surface area (Å²) < 4.78 is 38.5. The largest absolute Gasteiger partial charge is 0.495 e. The molecule has 170 valence electrons. The highest BCUT2D eigenvalue weighted by molar-refractivity contribution is 7.89. The highest BCUT2D eigenvalue weighted by atomic mass is 32.2. The molecule has 0 bridgehead atoms. The summed E-state index contributed by atoms with van der Waals surface area (Å²) in [6, 6.07) is 15.4. The van der Waals surface area contributed by atoms with E-state index in [9.17, 15) is 18.0 Å². The van der Waals surface area contributed by atoms with Crippen LogP contribution in [0.25, 0.3) is 10.8 Å². The normalized spacial score (nSPS) is 16.9. The number of rotatable bonds is 5. The summed E-state index contributed by atoms with van der Waals surface area (Å²) in [5.74, 6) is -0.605. The molecule has 2 amide bonds. The minimum atomic E-state index is -3.84. The summed E-state index contributed by atoms with van der Waals surface area (Å²) in [6.07, 6.45) is 0. The predicted molar refractivity (Wildman–Crippen MR) is 121 cm³/mol. The van der Waals surface area contributed by atoms with Gasteiger partial charge in [0.2, 0.25) is 10.0 Å². The second-order valence-corrected chi connectivity index (χ2v) is 9.81. The first-order valence-electron chi connectivity index (χ1n) is 10.5. The Morgan fingerprint density at radius 3 is 2.18 bits per heavy atom. The van der Waals surface area contributed by atoms with Crippen molar-refractivity contribution < 1.29 is 27.5 Å². The maximum atomic E-state index is 13.3. The van der Waals surface area contributed by atoms with Crippen molar-refractivity contribution >= 4 is 32.6 Å². The molecule has 0 spiro atoms. The van der Waals surface area contributed by atoms with E-state index in [0.717, 1.165) is 10.3 Å². The van der Waals surface area contributed by atoms with Gasteiger partial charge in [0.25, 0.3) is 11.8 Å². The van der Waals surface area contributed by atoms with Gasteiger partial charge >= 0.3 is 0 Å². The number of carbonyl (C=O) groups is 2. The molecule has 1 saturated heterocycles. The van der Waals surface area contributed by atoms with Crippen molar-refractivity contribution in [1.29, 1.82) is 0 Å². The van der Waals surface area contributed by atoms with E-state index in [-0.39, 0.29) is 30.3 Å². The molecule has 0 aromatic heterocycles. The minimum absolute atomic E-state index is 0.00353. The lowest BCUT2D eigenvalue weighted by Gasteiger charge is -2.28. The van der Waals surface area contributed by atoms with Gasteiger partial charge in [-0.05, 0) is 35.2 Å². The van der Waals surface area contributed by atoms with Crippen LogP contribution in [-0.4, -0.2) is 62.9 Å². The van der Waals surface area contributed by atoms with Crippen molar-refractivity contribution in [3.05, 3.63) is 71.3 Å². The molecule has 3 aromatic carbocycles. The summed E-state index contributed by atoms with van der Waals surface area (Å²) in [6.45, 7) is 1.09. The van der Waals surface area contributed by atoms with Gasteiger partial charge in [-0.3, -0.25) is 14.5 Å². The average Bonchev–Trinajstić information content (AvgIpc) is 2.85. The number of imide groups is 1. The average molecular weight is 467 g/mol. The fourth-order valence-corrected chi connectivity index (χ4v) is 5.97. The zero-order valence-electron chi connectivity index (χ0n) is 18.0. The van der Waals surface area contributed by atoms with E-state index in [1.807, 2.05) is 12.1 Å². The van der Waals surface area contributed by atoms with Gasteiger partial charge in [-0.1, -0.05) is 30.3 Å². The van der Waals surface area contributed by atoms with Gasteiger partial charge in [0.1, 0.15) is 10.6 Å². The fourth-order valence-electron chi connectivity index (χ4n) is 4.35. The quantitative estimate of drug-likeness (QED) is 0.537. The van der Waals surface area contributed by atoms with Crippen LogP contribution < -0.4 is 4.74 Å². The number of carbonyl (C=O) groups excluding carboxylic acids is 2. The Kier molecular flexibility index (Phi) is 5.40. The number of sulfonamides is 1. The summed E-state index contributed by atoms with van der Waals surface area (Å²) in [5, 5.41) is 1.48. The number of ether oxygens (including phenoxy) is 2. The molecule has 9 heteroatoms. The highest BCUT2D eigenvalue weighted by Crippen LogP contribution is 2.32. The fraction of sp³-hybridized carbons (Fsp3) is 0.250. The van der Waals surface area contributed by atoms with Crippen molar-refractivity contribution in [3.8, 4) is 5.75 Å². The molecule has 2 heterocycles. The van der Waals surface area contributed by atoms with E-state index in [1.165, 1.54) is 17.5 Å². The molecule has 0 atom stereocenters. The number of morpholine rings is 1. The first-order valence-corrected chi connectivity index (χ1v) is 12.0. The van der Waals surface area contributed by atoms with Crippen molar-refractivity contribution in [2.75, 3.05) is 33.4 Å². The minimum Gasteiger partial charge on any atom is -0.495 e. The first kappa shape index (κ1) is 21.6. The summed E-state index contributed by atoms with van der Waals surface area (Å²) >= 11 is 0. The standard InChI is InChI=1S/C24H22N2O6S/c1-31-20-9-8-16(14-21(20)33(29,30)25-10-12-32-13-11-25)15-26-23(27)18-6-2-4-17-5-3-7-19(22(17)18)24(26)28/h2-9,14H,10-13,15H2,1H3. The van der Waals surface area contributed by atoms with Crippen LogP contribution in [0.2, 0.25) is 0 Å². The van der Waals surface area contributed by atoms with E-state index in [4.69, 9.17) is 9.47 Å². The molecule has 8 nitrogen and oxygen atoms in total. The lowest BCUT2D eigenvalue weighted by molar-refractivity contribution is 0.0598. The third kappa shape index (κ3) is 3.58. The van der Waals surface area contributed by atoms with Crippen molar-refractivity contribution in [1.82, 2.24) is 9.21 Å². The second-order valence-electron chi connectivity index (χ2n) is 7.91. The van der Waals surface area contributed by atoms with Gasteiger partial charge in [0.05, 0.1) is 26.9 Å². The molecule has 1 fully saturated rings.